The number of ether oxygens (including phenoxy) is 1. The van der Waals surface area contributed by atoms with Gasteiger partial charge < -0.3 is 9.64 Å². The zero-order chi connectivity index (χ0) is 14.0. The summed E-state index contributed by atoms with van der Waals surface area (Å²) < 4.78 is 4.69. The van der Waals surface area contributed by atoms with E-state index in [9.17, 15) is 4.79 Å². The van der Waals surface area contributed by atoms with Crippen LogP contribution < -0.4 is 4.90 Å². The van der Waals surface area contributed by atoms with E-state index in [1.807, 2.05) is 0 Å². The molecular formula is C14H21N3O2. The smallest absolute Gasteiger partial charge is 0.358 e. The molecule has 2 rings (SSSR count). The third-order valence-corrected chi connectivity index (χ3v) is 3.91. The lowest BCUT2D eigenvalue weighted by molar-refractivity contribution is 0.0593. The van der Waals surface area contributed by atoms with Crippen molar-refractivity contribution in [2.24, 2.45) is 11.8 Å². The molecule has 3 atom stereocenters. The first kappa shape index (κ1) is 13.8. The molecule has 0 aromatic carbocycles. The second-order valence-corrected chi connectivity index (χ2v) is 5.47. The summed E-state index contributed by atoms with van der Waals surface area (Å²) >= 11 is 0. The zero-order valence-electron chi connectivity index (χ0n) is 12.0. The lowest BCUT2D eigenvalue weighted by Crippen LogP contribution is -2.46. The van der Waals surface area contributed by atoms with Gasteiger partial charge in [-0.15, -0.1) is 0 Å². The maximum atomic E-state index is 11.5. The number of aromatic nitrogens is 2. The van der Waals surface area contributed by atoms with Gasteiger partial charge in [-0.1, -0.05) is 13.8 Å². The standard InChI is InChI=1S/C14H21N3O2/c1-9-5-10(2)11(3)17(8-9)13-7-15-6-12(16-13)14(18)19-4/h6-7,9-11H,5,8H2,1-4H3. The van der Waals surface area contributed by atoms with Crippen molar-refractivity contribution in [1.82, 2.24) is 9.97 Å². The summed E-state index contributed by atoms with van der Waals surface area (Å²) in [7, 11) is 1.35. The number of piperidine rings is 1. The number of carbonyl (C=O) groups excluding carboxylic acids is 1. The van der Waals surface area contributed by atoms with Gasteiger partial charge in [0.25, 0.3) is 0 Å². The van der Waals surface area contributed by atoms with Gasteiger partial charge in [0.1, 0.15) is 5.82 Å². The number of esters is 1. The van der Waals surface area contributed by atoms with Crippen LogP contribution in [0.25, 0.3) is 0 Å². The highest BCUT2D eigenvalue weighted by Gasteiger charge is 2.30. The number of carbonyl (C=O) groups is 1. The van der Waals surface area contributed by atoms with E-state index in [0.29, 0.717) is 17.9 Å². The Kier molecular flexibility index (Phi) is 4.02. The highest BCUT2D eigenvalue weighted by molar-refractivity contribution is 5.87. The average molecular weight is 263 g/mol. The van der Waals surface area contributed by atoms with Gasteiger partial charge in [0.15, 0.2) is 5.69 Å². The van der Waals surface area contributed by atoms with Gasteiger partial charge in [0.05, 0.1) is 19.5 Å². The number of anilines is 1. The van der Waals surface area contributed by atoms with Crippen molar-refractivity contribution in [3.63, 3.8) is 0 Å². The number of nitrogens with zero attached hydrogens (tertiary/aromatic N) is 3. The molecular weight excluding hydrogens is 242 g/mol. The molecule has 2 heterocycles. The largest absolute Gasteiger partial charge is 0.464 e. The van der Waals surface area contributed by atoms with E-state index in [1.165, 1.54) is 19.7 Å². The van der Waals surface area contributed by atoms with E-state index >= 15 is 0 Å². The van der Waals surface area contributed by atoms with Crippen molar-refractivity contribution in [3.8, 4) is 0 Å². The van der Waals surface area contributed by atoms with Crippen LogP contribution in [0.1, 0.15) is 37.7 Å². The van der Waals surface area contributed by atoms with E-state index in [1.54, 1.807) is 6.20 Å². The fraction of sp³-hybridized carbons (Fsp3) is 0.643. The molecule has 0 saturated carbocycles. The minimum absolute atomic E-state index is 0.262. The molecule has 0 N–H and O–H groups in total. The summed E-state index contributed by atoms with van der Waals surface area (Å²) in [6.45, 7) is 7.64. The van der Waals surface area contributed by atoms with Crippen molar-refractivity contribution in [3.05, 3.63) is 18.1 Å². The molecule has 19 heavy (non-hydrogen) atoms. The lowest BCUT2D eigenvalue weighted by Gasteiger charge is -2.41. The zero-order valence-corrected chi connectivity index (χ0v) is 12.0. The van der Waals surface area contributed by atoms with Gasteiger partial charge in [-0.3, -0.25) is 4.98 Å². The van der Waals surface area contributed by atoms with Crippen LogP contribution in [0.2, 0.25) is 0 Å². The number of hydrogen-bond donors (Lipinski definition) is 0. The van der Waals surface area contributed by atoms with Crippen LogP contribution in [-0.2, 0) is 4.74 Å². The molecule has 3 unspecified atom stereocenters. The summed E-state index contributed by atoms with van der Waals surface area (Å²) in [6, 6.07) is 0.401. The first-order valence-corrected chi connectivity index (χ1v) is 6.70. The Bertz CT molecular complexity index is 464. The molecule has 1 aromatic heterocycles. The van der Waals surface area contributed by atoms with E-state index in [0.717, 1.165) is 12.4 Å². The quantitative estimate of drug-likeness (QED) is 0.765. The normalized spacial score (nSPS) is 27.2. The number of rotatable bonds is 2. The van der Waals surface area contributed by atoms with Crippen LogP contribution >= 0.6 is 0 Å². The molecule has 1 fully saturated rings. The van der Waals surface area contributed by atoms with Crippen molar-refractivity contribution in [2.45, 2.75) is 33.2 Å². The van der Waals surface area contributed by atoms with Gasteiger partial charge in [-0.25, -0.2) is 9.78 Å². The second-order valence-electron chi connectivity index (χ2n) is 5.47. The van der Waals surface area contributed by atoms with Crippen LogP contribution in [0.4, 0.5) is 5.82 Å². The minimum atomic E-state index is -0.444. The van der Waals surface area contributed by atoms with Crippen LogP contribution in [0, 0.1) is 11.8 Å². The van der Waals surface area contributed by atoms with Crippen molar-refractivity contribution < 1.29 is 9.53 Å². The summed E-state index contributed by atoms with van der Waals surface area (Å²) in [5.41, 5.74) is 0.262. The Morgan fingerprint density at radius 3 is 2.79 bits per heavy atom. The molecule has 1 aliphatic heterocycles. The molecule has 5 nitrogen and oxygen atoms in total. The van der Waals surface area contributed by atoms with Gasteiger partial charge in [-0.05, 0) is 25.2 Å². The molecule has 104 valence electrons. The topological polar surface area (TPSA) is 55.3 Å². The molecule has 1 saturated heterocycles. The van der Waals surface area contributed by atoms with E-state index in [-0.39, 0.29) is 5.69 Å². The molecule has 0 aliphatic carbocycles. The van der Waals surface area contributed by atoms with Gasteiger partial charge in [0, 0.05) is 12.6 Å². The van der Waals surface area contributed by atoms with Crippen LogP contribution in [0.15, 0.2) is 12.4 Å². The second kappa shape index (κ2) is 5.55. The number of methoxy groups -OCH3 is 1. The minimum Gasteiger partial charge on any atom is -0.464 e. The SMILES string of the molecule is COC(=O)c1cncc(N2CC(C)CC(C)C2C)n1. The Hall–Kier alpha value is -1.65. The Morgan fingerprint density at radius 2 is 2.11 bits per heavy atom. The van der Waals surface area contributed by atoms with Gasteiger partial charge >= 0.3 is 5.97 Å². The maximum Gasteiger partial charge on any atom is 0.358 e. The fourth-order valence-electron chi connectivity index (χ4n) is 2.71. The van der Waals surface area contributed by atoms with Crippen molar-refractivity contribution in [2.75, 3.05) is 18.6 Å². The molecule has 0 amide bonds. The summed E-state index contributed by atoms with van der Waals surface area (Å²) in [4.78, 5) is 22.2. The Balaban J connectivity index is 2.27. The first-order valence-electron chi connectivity index (χ1n) is 6.70. The van der Waals surface area contributed by atoms with Crippen LogP contribution in [0.3, 0.4) is 0 Å². The first-order chi connectivity index (χ1) is 9.02. The average Bonchev–Trinajstić information content (AvgIpc) is 2.42. The van der Waals surface area contributed by atoms with E-state index in [4.69, 9.17) is 0 Å². The van der Waals surface area contributed by atoms with Crippen molar-refractivity contribution >= 4 is 11.8 Å². The third-order valence-electron chi connectivity index (χ3n) is 3.91. The molecule has 0 bridgehead atoms. The van der Waals surface area contributed by atoms with E-state index < -0.39 is 5.97 Å². The Morgan fingerprint density at radius 1 is 1.37 bits per heavy atom. The maximum absolute atomic E-state index is 11.5. The predicted octanol–water partition coefficient (Wildman–Crippen LogP) is 2.13. The molecule has 0 radical (unpaired) electrons. The molecule has 5 heteroatoms. The molecule has 1 aliphatic rings. The van der Waals surface area contributed by atoms with Gasteiger partial charge in [-0.2, -0.15) is 0 Å². The number of hydrogen-bond acceptors (Lipinski definition) is 5. The summed E-state index contributed by atoms with van der Waals surface area (Å²) in [5, 5.41) is 0. The lowest BCUT2D eigenvalue weighted by atomic mass is 9.86. The third kappa shape index (κ3) is 2.85. The van der Waals surface area contributed by atoms with E-state index in [2.05, 4.69) is 40.4 Å². The monoisotopic (exact) mass is 263 g/mol. The summed E-state index contributed by atoms with van der Waals surface area (Å²) in [6.07, 6.45) is 4.38. The van der Waals surface area contributed by atoms with Gasteiger partial charge in [0.2, 0.25) is 0 Å². The Labute approximate surface area is 114 Å². The summed E-state index contributed by atoms with van der Waals surface area (Å²) in [5.74, 6) is 1.54. The van der Waals surface area contributed by atoms with Crippen LogP contribution in [-0.4, -0.2) is 35.6 Å². The van der Waals surface area contributed by atoms with Crippen LogP contribution in [0.5, 0.6) is 0 Å². The fourth-order valence-corrected chi connectivity index (χ4v) is 2.71. The highest BCUT2D eigenvalue weighted by Crippen LogP contribution is 2.29. The van der Waals surface area contributed by atoms with Crippen molar-refractivity contribution in [1.29, 1.82) is 0 Å². The molecule has 1 aromatic rings. The molecule has 0 spiro atoms. The highest BCUT2D eigenvalue weighted by atomic mass is 16.5. The predicted molar refractivity (Wildman–Crippen MR) is 73.1 cm³/mol.